The number of hydrogen-bond acceptors (Lipinski definition) is 8. The largest absolute Gasteiger partial charge is 0.369 e. The topological polar surface area (TPSA) is 140 Å². The zero-order chi connectivity index (χ0) is 26.6. The van der Waals surface area contributed by atoms with Crippen LogP contribution in [0.5, 0.6) is 0 Å². The van der Waals surface area contributed by atoms with Gasteiger partial charge < -0.3 is 9.47 Å². The summed E-state index contributed by atoms with van der Waals surface area (Å²) < 4.78 is 40.9. The number of aromatic nitrogens is 4. The molecule has 2 aromatic rings. The number of halogens is 2. The molecule has 0 saturated carbocycles. The summed E-state index contributed by atoms with van der Waals surface area (Å²) in [7, 11) is 3.26. The molecule has 2 saturated heterocycles. The maximum Gasteiger partial charge on any atom is 0.312 e. The fraction of sp³-hybridized carbons (Fsp3) is 0.727. The Bertz CT molecular complexity index is 956. The number of hydrogen-bond donors (Lipinski definition) is 0. The second-order valence-corrected chi connectivity index (χ2v) is 9.38. The second-order valence-electron chi connectivity index (χ2n) is 9.38. The summed E-state index contributed by atoms with van der Waals surface area (Å²) in [5.41, 5.74) is 0.711. The van der Waals surface area contributed by atoms with Crippen LogP contribution >= 0.6 is 0 Å². The van der Waals surface area contributed by atoms with Gasteiger partial charge >= 0.3 is 11.4 Å². The maximum atomic E-state index is 13.5. The monoisotopic (exact) mass is 514 g/mol. The van der Waals surface area contributed by atoms with Crippen LogP contribution in [0, 0.1) is 32.1 Å². The van der Waals surface area contributed by atoms with Crippen molar-refractivity contribution in [2.75, 3.05) is 13.2 Å². The highest BCUT2D eigenvalue weighted by molar-refractivity contribution is 5.35. The van der Waals surface area contributed by atoms with Crippen molar-refractivity contribution < 1.29 is 28.1 Å². The molecular formula is C22H32F2N6O6. The lowest BCUT2D eigenvalue weighted by atomic mass is 9.99. The third kappa shape index (κ3) is 6.22. The molecule has 2 aromatic heterocycles. The number of ether oxygens (including phenoxy) is 2. The van der Waals surface area contributed by atoms with Crippen LogP contribution in [-0.4, -0.2) is 55.0 Å². The molecule has 0 aliphatic carbocycles. The minimum Gasteiger partial charge on any atom is -0.369 e. The van der Waals surface area contributed by atoms with E-state index in [9.17, 15) is 29.0 Å². The van der Waals surface area contributed by atoms with Gasteiger partial charge in [-0.2, -0.15) is 10.2 Å². The summed E-state index contributed by atoms with van der Waals surface area (Å²) in [6, 6.07) is 0. The van der Waals surface area contributed by atoms with Crippen molar-refractivity contribution in [2.45, 2.75) is 64.1 Å². The first-order chi connectivity index (χ1) is 17.0. The minimum atomic E-state index is -1.01. The quantitative estimate of drug-likeness (QED) is 0.434. The predicted molar refractivity (Wildman–Crippen MR) is 124 cm³/mol. The van der Waals surface area contributed by atoms with Gasteiger partial charge in [0.25, 0.3) is 0 Å². The standard InChI is InChI=1S/2C11H16FN3O3/c2*1-7-3-4-10(18-6-8(7)12)11-9(15(16)17)5-13-14(11)2/h2*5,7-8,10H,3-4,6H2,1-2H3/t2*7-,8-,10?/m11/s1. The lowest BCUT2D eigenvalue weighted by Gasteiger charge is -2.14. The summed E-state index contributed by atoms with van der Waals surface area (Å²) in [4.78, 5) is 20.9. The van der Waals surface area contributed by atoms with Crippen LogP contribution in [0.1, 0.15) is 63.1 Å². The number of alkyl halides is 2. The first kappa shape index (κ1) is 27.6. The zero-order valence-corrected chi connectivity index (χ0v) is 20.8. The Morgan fingerprint density at radius 2 is 1.17 bits per heavy atom. The first-order valence-electron chi connectivity index (χ1n) is 11.8. The second kappa shape index (κ2) is 11.8. The highest BCUT2D eigenvalue weighted by Gasteiger charge is 2.33. The summed E-state index contributed by atoms with van der Waals surface area (Å²) in [5, 5.41) is 29.6. The molecule has 0 radical (unpaired) electrons. The van der Waals surface area contributed by atoms with E-state index < -0.39 is 34.4 Å². The summed E-state index contributed by atoms with van der Waals surface area (Å²) in [5.74, 6) is -0.162. The van der Waals surface area contributed by atoms with E-state index in [-0.39, 0.29) is 36.4 Å². The van der Waals surface area contributed by atoms with E-state index in [1.165, 1.54) is 21.8 Å². The molecule has 2 aliphatic heterocycles. The van der Waals surface area contributed by atoms with E-state index in [0.29, 0.717) is 37.1 Å². The van der Waals surface area contributed by atoms with Crippen LogP contribution in [0.3, 0.4) is 0 Å². The molecule has 2 aliphatic rings. The van der Waals surface area contributed by atoms with Crippen LogP contribution in [0.15, 0.2) is 12.4 Å². The first-order valence-corrected chi connectivity index (χ1v) is 11.8. The SMILES string of the molecule is C[C@@H]1CCC(c2c([N+](=O)[O-])cnn2C)OC[C@H]1F.C[C@@H]1CCC(c2c([N+](=O)[O-])cnn2C)OC[C@H]1F. The molecule has 200 valence electrons. The van der Waals surface area contributed by atoms with E-state index >= 15 is 0 Å². The van der Waals surface area contributed by atoms with E-state index in [1.54, 1.807) is 14.1 Å². The van der Waals surface area contributed by atoms with Crippen LogP contribution in [-0.2, 0) is 23.6 Å². The van der Waals surface area contributed by atoms with Gasteiger partial charge in [-0.15, -0.1) is 0 Å². The van der Waals surface area contributed by atoms with Crippen molar-refractivity contribution in [1.82, 2.24) is 19.6 Å². The third-order valence-electron chi connectivity index (χ3n) is 6.85. The van der Waals surface area contributed by atoms with Crippen LogP contribution in [0.2, 0.25) is 0 Å². The number of nitro groups is 2. The highest BCUT2D eigenvalue weighted by atomic mass is 19.1. The third-order valence-corrected chi connectivity index (χ3v) is 6.85. The Kier molecular flexibility index (Phi) is 9.06. The fourth-order valence-corrected chi connectivity index (χ4v) is 4.43. The van der Waals surface area contributed by atoms with Crippen molar-refractivity contribution >= 4 is 11.4 Å². The molecule has 0 amide bonds. The van der Waals surface area contributed by atoms with E-state index in [4.69, 9.17) is 9.47 Å². The zero-order valence-electron chi connectivity index (χ0n) is 20.8. The molecule has 2 unspecified atom stereocenters. The lowest BCUT2D eigenvalue weighted by molar-refractivity contribution is -0.386. The molecule has 0 spiro atoms. The van der Waals surface area contributed by atoms with Gasteiger partial charge in [0.2, 0.25) is 0 Å². The normalized spacial score (nSPS) is 28.9. The van der Waals surface area contributed by atoms with Crippen molar-refractivity contribution in [3.05, 3.63) is 44.0 Å². The Hall–Kier alpha value is -3.00. The Morgan fingerprint density at radius 3 is 1.50 bits per heavy atom. The molecule has 36 heavy (non-hydrogen) atoms. The van der Waals surface area contributed by atoms with Gasteiger partial charge in [0.15, 0.2) is 0 Å². The highest BCUT2D eigenvalue weighted by Crippen LogP contribution is 2.36. The number of rotatable bonds is 4. The van der Waals surface area contributed by atoms with Crippen LogP contribution < -0.4 is 0 Å². The van der Waals surface area contributed by atoms with Gasteiger partial charge in [-0.25, -0.2) is 8.78 Å². The Morgan fingerprint density at radius 1 is 0.806 bits per heavy atom. The lowest BCUT2D eigenvalue weighted by Crippen LogP contribution is -2.16. The van der Waals surface area contributed by atoms with Gasteiger partial charge in [-0.05, 0) is 37.5 Å². The fourth-order valence-electron chi connectivity index (χ4n) is 4.43. The molecule has 4 heterocycles. The molecule has 4 rings (SSSR count). The van der Waals surface area contributed by atoms with Crippen LogP contribution in [0.25, 0.3) is 0 Å². The maximum absolute atomic E-state index is 13.5. The molecule has 0 aromatic carbocycles. The molecule has 12 nitrogen and oxygen atoms in total. The van der Waals surface area contributed by atoms with E-state index in [2.05, 4.69) is 10.2 Å². The van der Waals surface area contributed by atoms with E-state index in [1.807, 2.05) is 13.8 Å². The summed E-state index contributed by atoms with van der Waals surface area (Å²) in [6.45, 7) is 3.62. The minimum absolute atomic E-state index is 0.0197. The number of aryl methyl sites for hydroxylation is 2. The molecule has 0 N–H and O–H groups in total. The number of nitrogens with zero attached hydrogens (tertiary/aromatic N) is 6. The summed E-state index contributed by atoms with van der Waals surface area (Å²) >= 11 is 0. The van der Waals surface area contributed by atoms with Crippen molar-refractivity contribution in [1.29, 1.82) is 0 Å². The van der Waals surface area contributed by atoms with Gasteiger partial charge in [0, 0.05) is 14.1 Å². The van der Waals surface area contributed by atoms with Crippen molar-refractivity contribution in [2.24, 2.45) is 25.9 Å². The van der Waals surface area contributed by atoms with Gasteiger partial charge in [0.1, 0.15) is 48.3 Å². The summed E-state index contributed by atoms with van der Waals surface area (Å²) in [6.07, 6.45) is 1.92. The van der Waals surface area contributed by atoms with Crippen molar-refractivity contribution in [3.8, 4) is 0 Å². The van der Waals surface area contributed by atoms with Gasteiger partial charge in [-0.3, -0.25) is 29.6 Å². The Balaban J connectivity index is 0.000000201. The average molecular weight is 515 g/mol. The van der Waals surface area contributed by atoms with Crippen LogP contribution in [0.4, 0.5) is 20.2 Å². The molecule has 2 fully saturated rings. The van der Waals surface area contributed by atoms with Crippen molar-refractivity contribution in [3.63, 3.8) is 0 Å². The average Bonchev–Trinajstić information content (AvgIpc) is 3.31. The Labute approximate surface area is 206 Å². The molecule has 14 heteroatoms. The molecular weight excluding hydrogens is 482 g/mol. The predicted octanol–water partition coefficient (Wildman–Crippen LogP) is 4.31. The smallest absolute Gasteiger partial charge is 0.312 e. The van der Waals surface area contributed by atoms with Gasteiger partial charge in [-0.1, -0.05) is 13.8 Å². The van der Waals surface area contributed by atoms with Gasteiger partial charge in [0.05, 0.1) is 23.1 Å². The molecule has 6 atom stereocenters. The van der Waals surface area contributed by atoms with E-state index in [0.717, 1.165) is 0 Å². The molecule has 0 bridgehead atoms.